The first-order valence-electron chi connectivity index (χ1n) is 9.59. The van der Waals surface area contributed by atoms with Crippen LogP contribution in [0.15, 0.2) is 83.5 Å². The van der Waals surface area contributed by atoms with Gasteiger partial charge in [0.05, 0.1) is 6.26 Å². The molecule has 0 unspecified atom stereocenters. The van der Waals surface area contributed by atoms with Crippen molar-refractivity contribution in [3.63, 3.8) is 0 Å². The first-order chi connectivity index (χ1) is 14.7. The minimum atomic E-state index is -0.397. The lowest BCUT2D eigenvalue weighted by molar-refractivity contribution is 0.0996. The van der Waals surface area contributed by atoms with Crippen LogP contribution in [-0.4, -0.2) is 20.7 Å². The second-order valence-corrected chi connectivity index (χ2v) is 7.06. The van der Waals surface area contributed by atoms with Gasteiger partial charge >= 0.3 is 0 Å². The number of allylic oxidation sites excluding steroid dienone is 1. The number of hydrogen-bond donors (Lipinski definition) is 2. The zero-order valence-corrected chi connectivity index (χ0v) is 16.2. The summed E-state index contributed by atoms with van der Waals surface area (Å²) in [4.78, 5) is 16.8. The Labute approximate surface area is 173 Å². The van der Waals surface area contributed by atoms with Gasteiger partial charge in [0.25, 0.3) is 11.9 Å². The molecule has 1 amide bonds. The summed E-state index contributed by atoms with van der Waals surface area (Å²) in [6.45, 7) is 2.06. The molecule has 0 saturated carbocycles. The zero-order valence-electron chi connectivity index (χ0n) is 16.2. The van der Waals surface area contributed by atoms with Crippen LogP contribution in [0.2, 0.25) is 0 Å². The van der Waals surface area contributed by atoms with Crippen molar-refractivity contribution in [1.82, 2.24) is 14.8 Å². The number of nitrogens with one attached hydrogen (secondary N) is 2. The lowest BCUT2D eigenvalue weighted by Crippen LogP contribution is -2.20. The molecular formula is C23H19N5O2. The molecule has 0 fully saturated rings. The Morgan fingerprint density at radius 1 is 1.07 bits per heavy atom. The molecule has 7 nitrogen and oxygen atoms in total. The Hall–Kier alpha value is -4.13. The average Bonchev–Trinajstić information content (AvgIpc) is 3.44. The lowest BCUT2D eigenvalue weighted by Gasteiger charge is -2.24. The van der Waals surface area contributed by atoms with E-state index in [-0.39, 0.29) is 17.8 Å². The van der Waals surface area contributed by atoms with Crippen LogP contribution < -0.4 is 10.6 Å². The van der Waals surface area contributed by atoms with Gasteiger partial charge in [0.15, 0.2) is 5.76 Å². The summed E-state index contributed by atoms with van der Waals surface area (Å²) >= 11 is 0. The molecule has 4 aromatic rings. The van der Waals surface area contributed by atoms with Gasteiger partial charge in [-0.25, -0.2) is 4.68 Å². The van der Waals surface area contributed by atoms with Crippen LogP contribution >= 0.6 is 0 Å². The second kappa shape index (κ2) is 7.36. The summed E-state index contributed by atoms with van der Waals surface area (Å²) < 4.78 is 6.91. The molecule has 30 heavy (non-hydrogen) atoms. The normalized spacial score (nSPS) is 15.1. The number of aryl methyl sites for hydroxylation is 1. The molecule has 2 aromatic carbocycles. The van der Waals surface area contributed by atoms with Gasteiger partial charge in [-0.05, 0) is 36.3 Å². The van der Waals surface area contributed by atoms with Crippen LogP contribution in [0.25, 0.3) is 5.70 Å². The van der Waals surface area contributed by atoms with Gasteiger partial charge in [-0.2, -0.15) is 4.98 Å². The van der Waals surface area contributed by atoms with Gasteiger partial charge in [-0.1, -0.05) is 60.2 Å². The third-order valence-corrected chi connectivity index (χ3v) is 4.94. The number of nitrogens with zero attached hydrogens (tertiary/aromatic N) is 3. The number of carbonyl (C=O) groups excluding carboxylic acids is 1. The van der Waals surface area contributed by atoms with Crippen molar-refractivity contribution in [3.8, 4) is 0 Å². The molecule has 0 saturated heterocycles. The van der Waals surface area contributed by atoms with Crippen LogP contribution in [0.3, 0.4) is 0 Å². The summed E-state index contributed by atoms with van der Waals surface area (Å²) in [5, 5.41) is 10.6. The fourth-order valence-electron chi connectivity index (χ4n) is 3.41. The third-order valence-electron chi connectivity index (χ3n) is 4.94. The van der Waals surface area contributed by atoms with Crippen molar-refractivity contribution in [3.05, 3.63) is 102 Å². The topological polar surface area (TPSA) is 85.0 Å². The van der Waals surface area contributed by atoms with Crippen molar-refractivity contribution in [2.45, 2.75) is 13.0 Å². The van der Waals surface area contributed by atoms with E-state index in [4.69, 9.17) is 4.42 Å². The number of rotatable bonds is 4. The molecule has 1 aliphatic rings. The summed E-state index contributed by atoms with van der Waals surface area (Å²) in [6, 6.07) is 21.4. The Morgan fingerprint density at radius 2 is 1.87 bits per heavy atom. The van der Waals surface area contributed by atoms with Crippen LogP contribution in [0.1, 0.15) is 33.3 Å². The van der Waals surface area contributed by atoms with E-state index in [2.05, 4.69) is 58.0 Å². The highest BCUT2D eigenvalue weighted by Crippen LogP contribution is 2.33. The number of anilines is 2. The molecular weight excluding hydrogens is 378 g/mol. The van der Waals surface area contributed by atoms with E-state index in [0.717, 1.165) is 16.8 Å². The number of aromatic nitrogens is 3. The molecule has 0 aliphatic carbocycles. The van der Waals surface area contributed by atoms with Crippen molar-refractivity contribution in [2.24, 2.45) is 0 Å². The standard InChI is InChI=1S/C23H19N5O2/c1-15-9-11-16(12-10-15)18-14-19(17-6-3-2-4-7-17)28-23(24-18)26-22(27-28)25-21(29)20-8-5-13-30-20/h2-14,19H,1H3,(H2,24,25,26,27,29)/t19-/m1/s1. The fourth-order valence-corrected chi connectivity index (χ4v) is 3.41. The summed E-state index contributed by atoms with van der Waals surface area (Å²) in [5.74, 6) is 0.565. The SMILES string of the molecule is Cc1ccc(C2=C[C@H](c3ccccc3)n3nc(NC(=O)c4ccco4)nc3N2)cc1. The molecule has 2 aromatic heterocycles. The Morgan fingerprint density at radius 3 is 2.60 bits per heavy atom. The maximum atomic E-state index is 12.3. The molecule has 3 heterocycles. The van der Waals surface area contributed by atoms with E-state index in [1.54, 1.807) is 16.8 Å². The average molecular weight is 397 g/mol. The van der Waals surface area contributed by atoms with Crippen LogP contribution in [0, 0.1) is 6.92 Å². The molecule has 1 atom stereocenters. The van der Waals surface area contributed by atoms with Gasteiger partial charge in [0.1, 0.15) is 6.04 Å². The lowest BCUT2D eigenvalue weighted by atomic mass is 10.0. The van der Waals surface area contributed by atoms with E-state index < -0.39 is 5.91 Å². The molecule has 2 N–H and O–H groups in total. The highest BCUT2D eigenvalue weighted by Gasteiger charge is 2.26. The smallest absolute Gasteiger partial charge is 0.293 e. The van der Waals surface area contributed by atoms with E-state index in [1.807, 2.05) is 30.3 Å². The predicted octanol–water partition coefficient (Wildman–Crippen LogP) is 4.49. The number of amides is 1. The molecule has 5 rings (SSSR count). The number of furan rings is 1. The number of carbonyl (C=O) groups is 1. The molecule has 0 spiro atoms. The Kier molecular flexibility index (Phi) is 4.40. The van der Waals surface area contributed by atoms with Gasteiger partial charge in [-0.3, -0.25) is 10.1 Å². The number of fused-ring (bicyclic) bond motifs is 1. The van der Waals surface area contributed by atoms with Gasteiger partial charge in [0, 0.05) is 5.70 Å². The molecule has 7 heteroatoms. The maximum absolute atomic E-state index is 12.3. The Balaban J connectivity index is 1.52. The second-order valence-electron chi connectivity index (χ2n) is 7.06. The van der Waals surface area contributed by atoms with Crippen molar-refractivity contribution in [2.75, 3.05) is 10.6 Å². The van der Waals surface area contributed by atoms with E-state index >= 15 is 0 Å². The van der Waals surface area contributed by atoms with E-state index in [9.17, 15) is 4.79 Å². The summed E-state index contributed by atoms with van der Waals surface area (Å²) in [7, 11) is 0. The summed E-state index contributed by atoms with van der Waals surface area (Å²) in [6.07, 6.45) is 3.56. The van der Waals surface area contributed by atoms with Crippen LogP contribution in [0.4, 0.5) is 11.9 Å². The van der Waals surface area contributed by atoms with Gasteiger partial charge < -0.3 is 9.73 Å². The largest absolute Gasteiger partial charge is 0.459 e. The molecule has 0 bridgehead atoms. The highest BCUT2D eigenvalue weighted by molar-refractivity contribution is 6.01. The first-order valence-corrected chi connectivity index (χ1v) is 9.59. The quantitative estimate of drug-likeness (QED) is 0.530. The molecule has 0 radical (unpaired) electrons. The summed E-state index contributed by atoms with van der Waals surface area (Å²) in [5.41, 5.74) is 4.25. The Bertz CT molecular complexity index is 1210. The minimum absolute atomic E-state index is 0.166. The minimum Gasteiger partial charge on any atom is -0.459 e. The monoisotopic (exact) mass is 397 g/mol. The highest BCUT2D eigenvalue weighted by atomic mass is 16.3. The van der Waals surface area contributed by atoms with E-state index in [1.165, 1.54) is 11.8 Å². The number of hydrogen-bond acceptors (Lipinski definition) is 5. The molecule has 148 valence electrons. The van der Waals surface area contributed by atoms with E-state index in [0.29, 0.717) is 5.95 Å². The maximum Gasteiger partial charge on any atom is 0.293 e. The van der Waals surface area contributed by atoms with Gasteiger partial charge in [-0.15, -0.1) is 5.10 Å². The fraction of sp³-hybridized carbons (Fsp3) is 0.0870. The zero-order chi connectivity index (χ0) is 20.5. The molecule has 1 aliphatic heterocycles. The van der Waals surface area contributed by atoms with Crippen LogP contribution in [-0.2, 0) is 0 Å². The third kappa shape index (κ3) is 3.37. The van der Waals surface area contributed by atoms with Crippen molar-refractivity contribution < 1.29 is 9.21 Å². The predicted molar refractivity (Wildman–Crippen MR) is 114 cm³/mol. The van der Waals surface area contributed by atoms with Crippen LogP contribution in [0.5, 0.6) is 0 Å². The van der Waals surface area contributed by atoms with Gasteiger partial charge in [0.2, 0.25) is 5.95 Å². The van der Waals surface area contributed by atoms with Crippen molar-refractivity contribution >= 4 is 23.5 Å². The number of benzene rings is 2. The first kappa shape index (κ1) is 17.9. The van der Waals surface area contributed by atoms with Crippen molar-refractivity contribution in [1.29, 1.82) is 0 Å².